The summed E-state index contributed by atoms with van der Waals surface area (Å²) in [7, 11) is 2.00. The standard InChI is InChI=1S/C16H26FN3/c1-4-20-10-8-13(9-11-20)19(3)16-14(12(2)18)6-5-7-15(16)17/h5-7,12-13H,4,8-11,18H2,1-3H3/t12-/m0/s1. The van der Waals surface area contributed by atoms with E-state index in [1.54, 1.807) is 6.07 Å². The van der Waals surface area contributed by atoms with Gasteiger partial charge in [0.25, 0.3) is 0 Å². The maximum atomic E-state index is 14.3. The van der Waals surface area contributed by atoms with Gasteiger partial charge in [-0.2, -0.15) is 0 Å². The first-order valence-corrected chi connectivity index (χ1v) is 7.53. The highest BCUT2D eigenvalue weighted by molar-refractivity contribution is 5.56. The third-order valence-electron chi connectivity index (χ3n) is 4.41. The number of nitrogens with zero attached hydrogens (tertiary/aromatic N) is 2. The van der Waals surface area contributed by atoms with E-state index in [1.165, 1.54) is 6.07 Å². The Morgan fingerprint density at radius 3 is 2.60 bits per heavy atom. The molecule has 2 rings (SSSR count). The summed E-state index contributed by atoms with van der Waals surface area (Å²) < 4.78 is 14.3. The molecule has 0 spiro atoms. The van der Waals surface area contributed by atoms with E-state index in [9.17, 15) is 4.39 Å². The van der Waals surface area contributed by atoms with E-state index < -0.39 is 0 Å². The zero-order chi connectivity index (χ0) is 14.7. The molecule has 1 aromatic rings. The molecule has 1 atom stereocenters. The van der Waals surface area contributed by atoms with Crippen molar-refractivity contribution in [2.24, 2.45) is 5.73 Å². The Morgan fingerprint density at radius 1 is 1.40 bits per heavy atom. The maximum absolute atomic E-state index is 14.3. The number of halogens is 1. The lowest BCUT2D eigenvalue weighted by Crippen LogP contribution is -2.44. The number of rotatable bonds is 4. The van der Waals surface area contributed by atoms with Crippen LogP contribution >= 0.6 is 0 Å². The van der Waals surface area contributed by atoms with Crippen LogP contribution in [-0.2, 0) is 0 Å². The summed E-state index contributed by atoms with van der Waals surface area (Å²) in [6.45, 7) is 7.38. The summed E-state index contributed by atoms with van der Waals surface area (Å²) in [5.74, 6) is -0.166. The quantitative estimate of drug-likeness (QED) is 0.920. The molecule has 0 amide bonds. The van der Waals surface area contributed by atoms with E-state index in [2.05, 4.69) is 16.7 Å². The monoisotopic (exact) mass is 279 g/mol. The molecule has 3 nitrogen and oxygen atoms in total. The summed E-state index contributed by atoms with van der Waals surface area (Å²) in [5.41, 5.74) is 7.56. The van der Waals surface area contributed by atoms with Crippen molar-refractivity contribution in [3.8, 4) is 0 Å². The summed E-state index contributed by atoms with van der Waals surface area (Å²) in [4.78, 5) is 4.54. The Labute approximate surface area is 121 Å². The number of hydrogen-bond acceptors (Lipinski definition) is 3. The zero-order valence-electron chi connectivity index (χ0n) is 12.8. The van der Waals surface area contributed by atoms with E-state index in [0.29, 0.717) is 11.7 Å². The fourth-order valence-electron chi connectivity index (χ4n) is 3.08. The minimum Gasteiger partial charge on any atom is -0.369 e. The van der Waals surface area contributed by atoms with Crippen molar-refractivity contribution in [3.05, 3.63) is 29.6 Å². The number of nitrogens with two attached hydrogens (primary N) is 1. The number of likely N-dealkylation sites (tertiary alicyclic amines) is 1. The third kappa shape index (κ3) is 3.13. The molecule has 0 aromatic heterocycles. The molecule has 0 aliphatic carbocycles. The molecule has 20 heavy (non-hydrogen) atoms. The normalized spacial score (nSPS) is 19.1. The summed E-state index contributed by atoms with van der Waals surface area (Å²) >= 11 is 0. The van der Waals surface area contributed by atoms with Gasteiger partial charge < -0.3 is 15.5 Å². The number of hydrogen-bond donors (Lipinski definition) is 1. The average molecular weight is 279 g/mol. The Balaban J connectivity index is 2.19. The average Bonchev–Trinajstić information content (AvgIpc) is 2.46. The van der Waals surface area contributed by atoms with Gasteiger partial charge in [0.2, 0.25) is 0 Å². The molecule has 112 valence electrons. The molecule has 0 saturated carbocycles. The minimum absolute atomic E-state index is 0.154. The van der Waals surface area contributed by atoms with E-state index >= 15 is 0 Å². The van der Waals surface area contributed by atoms with Crippen molar-refractivity contribution in [2.45, 2.75) is 38.8 Å². The van der Waals surface area contributed by atoms with E-state index in [0.717, 1.165) is 38.0 Å². The van der Waals surface area contributed by atoms with Crippen molar-refractivity contribution < 1.29 is 4.39 Å². The van der Waals surface area contributed by atoms with Crippen LogP contribution in [0, 0.1) is 5.82 Å². The second-order valence-corrected chi connectivity index (χ2v) is 5.74. The van der Waals surface area contributed by atoms with Gasteiger partial charge >= 0.3 is 0 Å². The Hall–Kier alpha value is -1.13. The van der Waals surface area contributed by atoms with Gasteiger partial charge in [-0.3, -0.25) is 0 Å². The highest BCUT2D eigenvalue weighted by atomic mass is 19.1. The smallest absolute Gasteiger partial charge is 0.146 e. The first-order chi connectivity index (χ1) is 9.54. The fraction of sp³-hybridized carbons (Fsp3) is 0.625. The van der Waals surface area contributed by atoms with Crippen LogP contribution in [0.15, 0.2) is 18.2 Å². The van der Waals surface area contributed by atoms with Crippen molar-refractivity contribution in [3.63, 3.8) is 0 Å². The van der Waals surface area contributed by atoms with Crippen molar-refractivity contribution in [2.75, 3.05) is 31.6 Å². The van der Waals surface area contributed by atoms with Gasteiger partial charge in [-0.15, -0.1) is 0 Å². The van der Waals surface area contributed by atoms with Crippen molar-refractivity contribution in [1.29, 1.82) is 0 Å². The molecule has 0 bridgehead atoms. The number of piperidine rings is 1. The van der Waals surface area contributed by atoms with E-state index in [4.69, 9.17) is 5.73 Å². The van der Waals surface area contributed by atoms with Crippen LogP contribution in [0.4, 0.5) is 10.1 Å². The van der Waals surface area contributed by atoms with Crippen LogP contribution in [0.2, 0.25) is 0 Å². The van der Waals surface area contributed by atoms with Crippen molar-refractivity contribution >= 4 is 5.69 Å². The lowest BCUT2D eigenvalue weighted by Gasteiger charge is -2.38. The predicted molar refractivity (Wildman–Crippen MR) is 82.5 cm³/mol. The molecule has 0 radical (unpaired) electrons. The second kappa shape index (κ2) is 6.55. The predicted octanol–water partition coefficient (Wildman–Crippen LogP) is 2.77. The molecule has 1 aliphatic heterocycles. The molecule has 1 fully saturated rings. The highest BCUT2D eigenvalue weighted by Crippen LogP contribution is 2.31. The molecule has 1 saturated heterocycles. The highest BCUT2D eigenvalue weighted by Gasteiger charge is 2.25. The van der Waals surface area contributed by atoms with Crippen LogP contribution < -0.4 is 10.6 Å². The third-order valence-corrected chi connectivity index (χ3v) is 4.41. The summed E-state index contributed by atoms with van der Waals surface area (Å²) in [6.07, 6.45) is 2.16. The topological polar surface area (TPSA) is 32.5 Å². The molecule has 2 N–H and O–H groups in total. The molecule has 4 heteroatoms. The summed E-state index contributed by atoms with van der Waals surface area (Å²) in [6, 6.07) is 5.44. The molecule has 1 aliphatic rings. The lowest BCUT2D eigenvalue weighted by molar-refractivity contribution is 0.220. The second-order valence-electron chi connectivity index (χ2n) is 5.74. The molecule has 1 aromatic carbocycles. The van der Waals surface area contributed by atoms with Crippen molar-refractivity contribution in [1.82, 2.24) is 4.90 Å². The SMILES string of the molecule is CCN1CCC(N(C)c2c(F)cccc2[C@H](C)N)CC1. The molecule has 0 unspecified atom stereocenters. The van der Waals surface area contributed by atoms with Gasteiger partial charge in [0, 0.05) is 32.2 Å². The van der Waals surface area contributed by atoms with Gasteiger partial charge in [-0.05, 0) is 37.9 Å². The van der Waals surface area contributed by atoms with Gasteiger partial charge in [0.15, 0.2) is 0 Å². The van der Waals surface area contributed by atoms with Gasteiger partial charge in [0.1, 0.15) is 5.82 Å². The summed E-state index contributed by atoms with van der Waals surface area (Å²) in [5, 5.41) is 0. The first kappa shape index (κ1) is 15.3. The Morgan fingerprint density at radius 2 is 2.05 bits per heavy atom. The van der Waals surface area contributed by atoms with Gasteiger partial charge in [-0.1, -0.05) is 19.1 Å². The lowest BCUT2D eigenvalue weighted by atomic mass is 9.99. The van der Waals surface area contributed by atoms with Crippen LogP contribution in [0.25, 0.3) is 0 Å². The van der Waals surface area contributed by atoms with E-state index in [1.807, 2.05) is 20.0 Å². The Kier molecular flexibility index (Phi) is 5.00. The zero-order valence-corrected chi connectivity index (χ0v) is 12.8. The van der Waals surface area contributed by atoms with Crippen LogP contribution in [-0.4, -0.2) is 37.6 Å². The van der Waals surface area contributed by atoms with Crippen LogP contribution in [0.1, 0.15) is 38.3 Å². The minimum atomic E-state index is -0.166. The van der Waals surface area contributed by atoms with E-state index in [-0.39, 0.29) is 11.9 Å². The molecule has 1 heterocycles. The number of para-hydroxylation sites is 1. The first-order valence-electron chi connectivity index (χ1n) is 7.53. The van der Waals surface area contributed by atoms with Crippen LogP contribution in [0.5, 0.6) is 0 Å². The van der Waals surface area contributed by atoms with Crippen LogP contribution in [0.3, 0.4) is 0 Å². The number of anilines is 1. The maximum Gasteiger partial charge on any atom is 0.146 e. The van der Waals surface area contributed by atoms with Gasteiger partial charge in [0.05, 0.1) is 5.69 Å². The largest absolute Gasteiger partial charge is 0.369 e. The number of benzene rings is 1. The van der Waals surface area contributed by atoms with Gasteiger partial charge in [-0.25, -0.2) is 4.39 Å². The molecular formula is C16H26FN3. The Bertz CT molecular complexity index is 439. The molecular weight excluding hydrogens is 253 g/mol. The fourth-order valence-corrected chi connectivity index (χ4v) is 3.08.